The molecule has 2 heterocycles. The van der Waals surface area contributed by atoms with Crippen LogP contribution in [0.2, 0.25) is 0 Å². The topological polar surface area (TPSA) is 81.9 Å². The maximum absolute atomic E-state index is 12.9. The molecular weight excluding hydrogens is 336 g/mol. The van der Waals surface area contributed by atoms with E-state index >= 15 is 0 Å². The molecule has 1 aliphatic rings. The molecule has 0 aliphatic carbocycles. The lowest BCUT2D eigenvalue weighted by Gasteiger charge is -2.22. The minimum Gasteiger partial charge on any atom is -0.488 e. The average Bonchev–Trinajstić information content (AvgIpc) is 3.27. The van der Waals surface area contributed by atoms with Gasteiger partial charge in [-0.15, -0.1) is 0 Å². The van der Waals surface area contributed by atoms with E-state index < -0.39 is 12.0 Å². The number of hydrogen-bond acceptors (Lipinski definition) is 6. The molecule has 138 valence electrons. The van der Waals surface area contributed by atoms with Gasteiger partial charge in [-0.05, 0) is 38.3 Å². The van der Waals surface area contributed by atoms with Gasteiger partial charge in [0, 0.05) is 6.54 Å². The second-order valence-corrected chi connectivity index (χ2v) is 6.30. The van der Waals surface area contributed by atoms with Crippen LogP contribution in [0.1, 0.15) is 40.2 Å². The van der Waals surface area contributed by atoms with Gasteiger partial charge in [-0.25, -0.2) is 4.79 Å². The molecule has 1 fully saturated rings. The fourth-order valence-corrected chi connectivity index (χ4v) is 3.12. The molecule has 26 heavy (non-hydrogen) atoms. The first-order valence-corrected chi connectivity index (χ1v) is 8.55. The van der Waals surface area contributed by atoms with Gasteiger partial charge in [0.2, 0.25) is 0 Å². The van der Waals surface area contributed by atoms with Crippen LogP contribution in [0.3, 0.4) is 0 Å². The van der Waals surface area contributed by atoms with Crippen LogP contribution in [0, 0.1) is 13.8 Å². The zero-order valence-electron chi connectivity index (χ0n) is 15.2. The number of nitrogens with zero attached hydrogens (tertiary/aromatic N) is 2. The molecule has 0 radical (unpaired) electrons. The molecule has 2 aromatic rings. The summed E-state index contributed by atoms with van der Waals surface area (Å²) in [4.78, 5) is 26.3. The summed E-state index contributed by atoms with van der Waals surface area (Å²) in [5.74, 6) is 0.516. The monoisotopic (exact) mass is 358 g/mol. The number of methoxy groups -OCH3 is 1. The summed E-state index contributed by atoms with van der Waals surface area (Å²) in [6, 6.07) is 7.07. The van der Waals surface area contributed by atoms with Gasteiger partial charge in [0.1, 0.15) is 24.2 Å². The number of amides is 1. The SMILES string of the molecule is COC(=O)C1CCCN1C(=O)c1noc(C)c1COc1ccccc1C. The Bertz CT molecular complexity index is 814. The maximum Gasteiger partial charge on any atom is 0.328 e. The summed E-state index contributed by atoms with van der Waals surface area (Å²) in [6.07, 6.45) is 1.33. The van der Waals surface area contributed by atoms with Gasteiger partial charge in [-0.3, -0.25) is 4.79 Å². The number of ether oxygens (including phenoxy) is 2. The van der Waals surface area contributed by atoms with E-state index in [1.165, 1.54) is 12.0 Å². The minimum atomic E-state index is -0.574. The van der Waals surface area contributed by atoms with Gasteiger partial charge in [-0.2, -0.15) is 0 Å². The third-order valence-corrected chi connectivity index (χ3v) is 4.64. The maximum atomic E-state index is 12.9. The van der Waals surface area contributed by atoms with Crippen LogP contribution in [0.4, 0.5) is 0 Å². The first-order valence-electron chi connectivity index (χ1n) is 8.55. The molecule has 0 bridgehead atoms. The van der Waals surface area contributed by atoms with Crippen molar-refractivity contribution < 1.29 is 23.6 Å². The Balaban J connectivity index is 1.80. The number of aromatic nitrogens is 1. The first kappa shape index (κ1) is 18.0. The van der Waals surface area contributed by atoms with Crippen molar-refractivity contribution in [2.45, 2.75) is 39.3 Å². The molecule has 1 aliphatic heterocycles. The van der Waals surface area contributed by atoms with Crippen molar-refractivity contribution in [1.29, 1.82) is 0 Å². The Morgan fingerprint density at radius 2 is 2.08 bits per heavy atom. The highest BCUT2D eigenvalue weighted by Gasteiger charge is 2.37. The van der Waals surface area contributed by atoms with E-state index in [9.17, 15) is 9.59 Å². The van der Waals surface area contributed by atoms with Crippen molar-refractivity contribution >= 4 is 11.9 Å². The predicted octanol–water partition coefficient (Wildman–Crippen LogP) is 2.65. The normalized spacial score (nSPS) is 16.6. The number of esters is 1. The molecule has 0 saturated carbocycles. The summed E-state index contributed by atoms with van der Waals surface area (Å²) >= 11 is 0. The van der Waals surface area contributed by atoms with E-state index in [1.54, 1.807) is 6.92 Å². The first-order chi connectivity index (χ1) is 12.5. The van der Waals surface area contributed by atoms with E-state index in [0.29, 0.717) is 24.3 Å². The van der Waals surface area contributed by atoms with E-state index in [-0.39, 0.29) is 18.2 Å². The number of carbonyl (C=O) groups is 2. The molecule has 1 amide bonds. The highest BCUT2D eigenvalue weighted by molar-refractivity contribution is 5.96. The highest BCUT2D eigenvalue weighted by Crippen LogP contribution is 2.25. The van der Waals surface area contributed by atoms with E-state index in [1.807, 2.05) is 31.2 Å². The highest BCUT2D eigenvalue weighted by atomic mass is 16.5. The standard InChI is InChI=1S/C19H22N2O5/c1-12-7-4-5-9-16(12)25-11-14-13(2)26-20-17(14)18(22)21-10-6-8-15(21)19(23)24-3/h4-5,7,9,15H,6,8,10-11H2,1-3H3. The zero-order chi connectivity index (χ0) is 18.7. The van der Waals surface area contributed by atoms with Gasteiger partial charge in [0.05, 0.1) is 12.7 Å². The van der Waals surface area contributed by atoms with Crippen LogP contribution in [0.5, 0.6) is 5.75 Å². The van der Waals surface area contributed by atoms with Crippen LogP contribution < -0.4 is 4.74 Å². The van der Waals surface area contributed by atoms with Gasteiger partial charge in [0.25, 0.3) is 5.91 Å². The van der Waals surface area contributed by atoms with Gasteiger partial charge in [0.15, 0.2) is 5.69 Å². The lowest BCUT2D eigenvalue weighted by atomic mass is 10.1. The van der Waals surface area contributed by atoms with Crippen LogP contribution in [0.15, 0.2) is 28.8 Å². The number of hydrogen-bond donors (Lipinski definition) is 0. The molecule has 0 N–H and O–H groups in total. The van der Waals surface area contributed by atoms with Crippen LogP contribution in [-0.4, -0.2) is 41.6 Å². The van der Waals surface area contributed by atoms with Crippen molar-refractivity contribution in [3.05, 3.63) is 46.8 Å². The second-order valence-electron chi connectivity index (χ2n) is 6.30. The molecule has 7 heteroatoms. The van der Waals surface area contributed by atoms with Crippen molar-refractivity contribution in [1.82, 2.24) is 10.1 Å². The Kier molecular flexibility index (Phi) is 5.25. The fraction of sp³-hybridized carbons (Fsp3) is 0.421. The van der Waals surface area contributed by atoms with Crippen LogP contribution in [0.25, 0.3) is 0 Å². The lowest BCUT2D eigenvalue weighted by Crippen LogP contribution is -2.41. The molecule has 1 saturated heterocycles. The zero-order valence-corrected chi connectivity index (χ0v) is 15.2. The minimum absolute atomic E-state index is 0.165. The molecular formula is C19H22N2O5. The number of para-hydroxylation sites is 1. The molecule has 1 aromatic carbocycles. The lowest BCUT2D eigenvalue weighted by molar-refractivity contribution is -0.145. The van der Waals surface area contributed by atoms with E-state index in [4.69, 9.17) is 14.0 Å². The van der Waals surface area contributed by atoms with E-state index in [0.717, 1.165) is 17.7 Å². The second kappa shape index (κ2) is 7.59. The number of rotatable bonds is 5. The van der Waals surface area contributed by atoms with Crippen molar-refractivity contribution in [2.24, 2.45) is 0 Å². The molecule has 0 spiro atoms. The Hall–Kier alpha value is -2.83. The van der Waals surface area contributed by atoms with Gasteiger partial charge >= 0.3 is 5.97 Å². The Morgan fingerprint density at radius 3 is 2.81 bits per heavy atom. The molecule has 7 nitrogen and oxygen atoms in total. The summed E-state index contributed by atoms with van der Waals surface area (Å²) in [6.45, 7) is 4.34. The molecule has 3 rings (SSSR count). The number of aryl methyl sites for hydroxylation is 2. The summed E-state index contributed by atoms with van der Waals surface area (Å²) < 4.78 is 15.9. The summed E-state index contributed by atoms with van der Waals surface area (Å²) in [7, 11) is 1.32. The fourth-order valence-electron chi connectivity index (χ4n) is 3.12. The van der Waals surface area contributed by atoms with Crippen molar-refractivity contribution in [3.63, 3.8) is 0 Å². The number of benzene rings is 1. The molecule has 1 unspecified atom stereocenters. The molecule has 1 atom stereocenters. The van der Waals surface area contributed by atoms with Crippen LogP contribution >= 0.6 is 0 Å². The number of likely N-dealkylation sites (tertiary alicyclic amines) is 1. The van der Waals surface area contributed by atoms with Crippen LogP contribution in [-0.2, 0) is 16.1 Å². The summed E-state index contributed by atoms with van der Waals surface area (Å²) in [5, 5.41) is 3.92. The van der Waals surface area contributed by atoms with E-state index in [2.05, 4.69) is 5.16 Å². The Labute approximate surface area is 151 Å². The van der Waals surface area contributed by atoms with Crippen molar-refractivity contribution in [2.75, 3.05) is 13.7 Å². The van der Waals surface area contributed by atoms with Gasteiger partial charge < -0.3 is 18.9 Å². The predicted molar refractivity (Wildman–Crippen MR) is 92.8 cm³/mol. The average molecular weight is 358 g/mol. The quantitative estimate of drug-likeness (QED) is 0.764. The summed E-state index contributed by atoms with van der Waals surface area (Å²) in [5.41, 5.74) is 1.78. The van der Waals surface area contributed by atoms with Crippen molar-refractivity contribution in [3.8, 4) is 5.75 Å². The third-order valence-electron chi connectivity index (χ3n) is 4.64. The van der Waals surface area contributed by atoms with Gasteiger partial charge in [-0.1, -0.05) is 23.4 Å². The Morgan fingerprint density at radius 1 is 1.31 bits per heavy atom. The third kappa shape index (κ3) is 3.42. The molecule has 1 aromatic heterocycles. The number of carbonyl (C=O) groups excluding carboxylic acids is 2. The smallest absolute Gasteiger partial charge is 0.328 e. The largest absolute Gasteiger partial charge is 0.488 e.